The quantitative estimate of drug-likeness (QED) is 0.336. The number of nitrogens with zero attached hydrogens (tertiary/aromatic N) is 2. The first kappa shape index (κ1) is 13.2. The molecule has 1 aromatic rings. The molecule has 0 bridgehead atoms. The molecule has 5 heteroatoms. The number of benzene rings is 1. The van der Waals surface area contributed by atoms with E-state index >= 15 is 0 Å². The van der Waals surface area contributed by atoms with E-state index in [1.807, 2.05) is 24.3 Å². The van der Waals surface area contributed by atoms with Crippen LogP contribution in [-0.2, 0) is 11.3 Å². The lowest BCUT2D eigenvalue weighted by Crippen LogP contribution is -2.21. The summed E-state index contributed by atoms with van der Waals surface area (Å²) in [4.78, 5) is 0. The third-order valence-corrected chi connectivity index (χ3v) is 1.95. The Morgan fingerprint density at radius 3 is 2.94 bits per heavy atom. The van der Waals surface area contributed by atoms with Crippen molar-refractivity contribution < 1.29 is 4.74 Å². The predicted molar refractivity (Wildman–Crippen MR) is 69.8 cm³/mol. The monoisotopic (exact) mass is 234 g/mol. The second-order valence-corrected chi connectivity index (χ2v) is 3.57. The highest BCUT2D eigenvalue weighted by atomic mass is 16.5. The van der Waals surface area contributed by atoms with Crippen LogP contribution in [0.1, 0.15) is 24.5 Å². The van der Waals surface area contributed by atoms with Crippen molar-refractivity contribution >= 4 is 12.2 Å². The smallest absolute Gasteiger partial charge is 0.211 e. The lowest BCUT2D eigenvalue weighted by molar-refractivity contribution is 0.121. The molecule has 5 nitrogen and oxygen atoms in total. The summed E-state index contributed by atoms with van der Waals surface area (Å²) < 4.78 is 5.45. The first-order valence-corrected chi connectivity index (χ1v) is 5.51. The third-order valence-electron chi connectivity index (χ3n) is 1.95. The van der Waals surface area contributed by atoms with Crippen molar-refractivity contribution in [3.63, 3.8) is 0 Å². The van der Waals surface area contributed by atoms with Gasteiger partial charge in [0.2, 0.25) is 5.96 Å². The van der Waals surface area contributed by atoms with Gasteiger partial charge < -0.3 is 16.2 Å². The Kier molecular flexibility index (Phi) is 5.74. The van der Waals surface area contributed by atoms with Gasteiger partial charge >= 0.3 is 0 Å². The first-order chi connectivity index (χ1) is 8.22. The van der Waals surface area contributed by atoms with E-state index in [0.717, 1.165) is 24.2 Å². The van der Waals surface area contributed by atoms with Gasteiger partial charge in [0.25, 0.3) is 0 Å². The predicted octanol–water partition coefficient (Wildman–Crippen LogP) is 1.22. The fraction of sp³-hybridized carbons (Fsp3) is 0.333. The van der Waals surface area contributed by atoms with Crippen LogP contribution in [0.2, 0.25) is 0 Å². The first-order valence-electron chi connectivity index (χ1n) is 5.51. The van der Waals surface area contributed by atoms with Gasteiger partial charge in [0.1, 0.15) is 0 Å². The molecule has 0 atom stereocenters. The molecular formula is C12H18N4O. The molecule has 1 rings (SSSR count). The maximum absolute atomic E-state index is 5.45. The normalized spacial score (nSPS) is 10.6. The van der Waals surface area contributed by atoms with E-state index in [9.17, 15) is 0 Å². The molecule has 0 aromatic heterocycles. The number of hydrogen-bond acceptors (Lipinski definition) is 3. The van der Waals surface area contributed by atoms with E-state index in [-0.39, 0.29) is 5.96 Å². The van der Waals surface area contributed by atoms with E-state index in [1.54, 1.807) is 6.21 Å². The standard InChI is InChI=1S/C12H18N4O/c1-2-6-17-9-11-5-3-4-10(7-11)8-15-16-12(13)14/h3-5,7-8H,2,6,9H2,1H3,(H4,13,14,16). The molecule has 0 spiro atoms. The van der Waals surface area contributed by atoms with E-state index in [4.69, 9.17) is 16.2 Å². The lowest BCUT2D eigenvalue weighted by Gasteiger charge is -2.03. The van der Waals surface area contributed by atoms with Crippen LogP contribution < -0.4 is 11.5 Å². The summed E-state index contributed by atoms with van der Waals surface area (Å²) in [6.07, 6.45) is 2.62. The molecule has 17 heavy (non-hydrogen) atoms. The van der Waals surface area contributed by atoms with Crippen molar-refractivity contribution in [2.45, 2.75) is 20.0 Å². The van der Waals surface area contributed by atoms with E-state index in [2.05, 4.69) is 17.1 Å². The Labute approximate surface area is 101 Å². The molecular weight excluding hydrogens is 216 g/mol. The van der Waals surface area contributed by atoms with Crippen LogP contribution in [0.5, 0.6) is 0 Å². The largest absolute Gasteiger partial charge is 0.377 e. The van der Waals surface area contributed by atoms with Gasteiger partial charge in [0.15, 0.2) is 0 Å². The van der Waals surface area contributed by atoms with Gasteiger partial charge in [0, 0.05) is 6.61 Å². The van der Waals surface area contributed by atoms with Crippen molar-refractivity contribution in [1.82, 2.24) is 0 Å². The number of hydrogen-bond donors (Lipinski definition) is 2. The second-order valence-electron chi connectivity index (χ2n) is 3.57. The highest BCUT2D eigenvalue weighted by molar-refractivity contribution is 5.81. The highest BCUT2D eigenvalue weighted by Crippen LogP contribution is 2.05. The molecule has 0 aliphatic carbocycles. The molecule has 4 N–H and O–H groups in total. The number of nitrogens with two attached hydrogens (primary N) is 2. The van der Waals surface area contributed by atoms with Gasteiger partial charge in [-0.1, -0.05) is 25.1 Å². The maximum atomic E-state index is 5.45. The zero-order valence-corrected chi connectivity index (χ0v) is 9.97. The second kappa shape index (κ2) is 7.40. The summed E-state index contributed by atoms with van der Waals surface area (Å²) in [7, 11) is 0. The van der Waals surface area contributed by atoms with E-state index in [1.165, 1.54) is 0 Å². The lowest BCUT2D eigenvalue weighted by atomic mass is 10.1. The minimum Gasteiger partial charge on any atom is -0.377 e. The van der Waals surface area contributed by atoms with Gasteiger partial charge in [-0.2, -0.15) is 5.10 Å². The average molecular weight is 234 g/mol. The highest BCUT2D eigenvalue weighted by Gasteiger charge is 1.94. The minimum absolute atomic E-state index is 0.0521. The van der Waals surface area contributed by atoms with Gasteiger partial charge in [0.05, 0.1) is 12.8 Å². The summed E-state index contributed by atoms with van der Waals surface area (Å²) in [5, 5.41) is 7.29. The summed E-state index contributed by atoms with van der Waals surface area (Å²) in [5.74, 6) is -0.0521. The van der Waals surface area contributed by atoms with Gasteiger partial charge in [-0.3, -0.25) is 0 Å². The van der Waals surface area contributed by atoms with Crippen LogP contribution in [0.25, 0.3) is 0 Å². The summed E-state index contributed by atoms with van der Waals surface area (Å²) >= 11 is 0. The van der Waals surface area contributed by atoms with Crippen molar-refractivity contribution in [3.05, 3.63) is 35.4 Å². The van der Waals surface area contributed by atoms with Crippen LogP contribution in [0, 0.1) is 0 Å². The van der Waals surface area contributed by atoms with Crippen molar-refractivity contribution in [1.29, 1.82) is 0 Å². The summed E-state index contributed by atoms with van der Waals surface area (Å²) in [5.41, 5.74) is 12.4. The number of ether oxygens (including phenoxy) is 1. The molecule has 0 heterocycles. The molecule has 0 saturated heterocycles. The maximum Gasteiger partial charge on any atom is 0.211 e. The molecule has 0 fully saturated rings. The Balaban J connectivity index is 2.59. The Hall–Kier alpha value is -1.88. The van der Waals surface area contributed by atoms with Crippen LogP contribution in [0.3, 0.4) is 0 Å². The zero-order chi connectivity index (χ0) is 12.5. The molecule has 0 aliphatic heterocycles. The fourth-order valence-corrected chi connectivity index (χ4v) is 1.26. The average Bonchev–Trinajstić information content (AvgIpc) is 2.29. The molecule has 0 aliphatic rings. The number of guanidine groups is 1. The van der Waals surface area contributed by atoms with Crippen molar-refractivity contribution in [2.75, 3.05) is 6.61 Å². The van der Waals surface area contributed by atoms with Crippen molar-refractivity contribution in [2.24, 2.45) is 21.7 Å². The molecule has 1 aromatic carbocycles. The molecule has 0 unspecified atom stereocenters. The molecule has 92 valence electrons. The van der Waals surface area contributed by atoms with Crippen LogP contribution in [-0.4, -0.2) is 18.8 Å². The number of rotatable bonds is 6. The van der Waals surface area contributed by atoms with E-state index < -0.39 is 0 Å². The topological polar surface area (TPSA) is 86.0 Å². The van der Waals surface area contributed by atoms with Gasteiger partial charge in [-0.05, 0) is 23.6 Å². The molecule has 0 saturated carbocycles. The SMILES string of the molecule is CCCOCc1cccc(C=NN=C(N)N)c1. The van der Waals surface area contributed by atoms with E-state index in [0.29, 0.717) is 6.61 Å². The Morgan fingerprint density at radius 2 is 2.24 bits per heavy atom. The van der Waals surface area contributed by atoms with Crippen molar-refractivity contribution in [3.8, 4) is 0 Å². The minimum atomic E-state index is -0.0521. The fourth-order valence-electron chi connectivity index (χ4n) is 1.26. The zero-order valence-electron chi connectivity index (χ0n) is 9.97. The van der Waals surface area contributed by atoms with Crippen LogP contribution >= 0.6 is 0 Å². The third kappa shape index (κ3) is 5.67. The molecule has 0 amide bonds. The van der Waals surface area contributed by atoms with Crippen LogP contribution in [0.4, 0.5) is 0 Å². The van der Waals surface area contributed by atoms with Gasteiger partial charge in [-0.25, -0.2) is 0 Å². The van der Waals surface area contributed by atoms with Crippen LogP contribution in [0.15, 0.2) is 34.5 Å². The Morgan fingerprint density at radius 1 is 1.41 bits per heavy atom. The summed E-state index contributed by atoms with van der Waals surface area (Å²) in [6, 6.07) is 7.87. The van der Waals surface area contributed by atoms with Gasteiger partial charge in [-0.15, -0.1) is 5.10 Å². The summed E-state index contributed by atoms with van der Waals surface area (Å²) in [6.45, 7) is 3.46. The molecule has 0 radical (unpaired) electrons. The Bertz CT molecular complexity index is 397.